The highest BCUT2D eigenvalue weighted by molar-refractivity contribution is 6.39. The molecule has 43 heavy (non-hydrogen) atoms. The van der Waals surface area contributed by atoms with E-state index < -0.39 is 53.4 Å². The Morgan fingerprint density at radius 3 is 2.23 bits per heavy atom. The van der Waals surface area contributed by atoms with Gasteiger partial charge >= 0.3 is 6.18 Å². The van der Waals surface area contributed by atoms with Crippen molar-refractivity contribution in [3.63, 3.8) is 0 Å². The molecule has 0 atom stereocenters. The van der Waals surface area contributed by atoms with Gasteiger partial charge in [-0.2, -0.15) is 18.3 Å². The van der Waals surface area contributed by atoms with Crippen LogP contribution in [0.3, 0.4) is 0 Å². The predicted molar refractivity (Wildman–Crippen MR) is 148 cm³/mol. The first-order valence-corrected chi connectivity index (χ1v) is 14.1. The van der Waals surface area contributed by atoms with Crippen LogP contribution in [0.4, 0.5) is 17.6 Å². The quantitative estimate of drug-likeness (QED) is 0.234. The zero-order valence-electron chi connectivity index (χ0n) is 22.6. The smallest absolute Gasteiger partial charge is 0.395 e. The number of halogens is 6. The first-order valence-electron chi connectivity index (χ1n) is 13.3. The molecule has 1 aliphatic carbocycles. The van der Waals surface area contributed by atoms with E-state index in [0.29, 0.717) is 18.4 Å². The SMILES string of the molecule is O=C(CN(Cc1ccc(F)cc1)C(=O)c1cnn([C@H]2CC[C@H](C(=O)NCCO)CC2)c1C(F)(F)F)c1c(Cl)cncc1Cl. The Hall–Kier alpha value is -3.55. The molecule has 230 valence electrons. The molecular formula is C28H27Cl2F4N5O4. The summed E-state index contributed by atoms with van der Waals surface area (Å²) < 4.78 is 57.8. The maximum absolute atomic E-state index is 14.5. The van der Waals surface area contributed by atoms with E-state index in [1.54, 1.807) is 0 Å². The van der Waals surface area contributed by atoms with Crippen LogP contribution in [0.15, 0.2) is 42.9 Å². The largest absolute Gasteiger partial charge is 0.433 e. The molecule has 2 heterocycles. The number of carbonyl (C=O) groups is 3. The van der Waals surface area contributed by atoms with Crippen LogP contribution in [0.25, 0.3) is 0 Å². The van der Waals surface area contributed by atoms with Crippen molar-refractivity contribution in [1.82, 2.24) is 25.0 Å². The molecular weight excluding hydrogens is 617 g/mol. The number of nitrogens with one attached hydrogen (secondary N) is 1. The van der Waals surface area contributed by atoms with E-state index in [2.05, 4.69) is 15.4 Å². The number of hydrogen-bond donors (Lipinski definition) is 2. The average molecular weight is 644 g/mol. The van der Waals surface area contributed by atoms with Crippen LogP contribution in [0.1, 0.15) is 63.7 Å². The van der Waals surface area contributed by atoms with Gasteiger partial charge in [0.25, 0.3) is 5.91 Å². The van der Waals surface area contributed by atoms with Gasteiger partial charge in [-0.3, -0.25) is 24.0 Å². The molecule has 0 radical (unpaired) electrons. The van der Waals surface area contributed by atoms with Crippen molar-refractivity contribution in [2.45, 2.75) is 44.4 Å². The summed E-state index contributed by atoms with van der Waals surface area (Å²) in [5.74, 6) is -3.14. The third-order valence-corrected chi connectivity index (χ3v) is 7.73. The number of aliphatic hydroxyl groups excluding tert-OH is 1. The molecule has 1 aliphatic rings. The highest BCUT2D eigenvalue weighted by Crippen LogP contribution is 2.39. The van der Waals surface area contributed by atoms with E-state index in [-0.39, 0.29) is 54.1 Å². The molecule has 2 N–H and O–H groups in total. The number of aromatic nitrogens is 3. The van der Waals surface area contributed by atoms with Crippen molar-refractivity contribution in [3.8, 4) is 0 Å². The summed E-state index contributed by atoms with van der Waals surface area (Å²) in [5, 5.41) is 15.2. The maximum Gasteiger partial charge on any atom is 0.433 e. The van der Waals surface area contributed by atoms with Crippen molar-refractivity contribution in [1.29, 1.82) is 0 Å². The Labute approximate surface area is 253 Å². The predicted octanol–water partition coefficient (Wildman–Crippen LogP) is 5.11. The summed E-state index contributed by atoms with van der Waals surface area (Å²) >= 11 is 12.2. The van der Waals surface area contributed by atoms with Crippen LogP contribution in [0.2, 0.25) is 10.0 Å². The van der Waals surface area contributed by atoms with Crippen LogP contribution in [0.5, 0.6) is 0 Å². The minimum absolute atomic E-state index is 0.0815. The van der Waals surface area contributed by atoms with Gasteiger partial charge in [-0.15, -0.1) is 0 Å². The fraction of sp³-hybridized carbons (Fsp3) is 0.393. The highest BCUT2D eigenvalue weighted by Gasteiger charge is 2.43. The van der Waals surface area contributed by atoms with E-state index in [4.69, 9.17) is 28.3 Å². The molecule has 15 heteroatoms. The number of alkyl halides is 3. The van der Waals surface area contributed by atoms with Crippen molar-refractivity contribution < 1.29 is 37.1 Å². The van der Waals surface area contributed by atoms with E-state index in [0.717, 1.165) is 27.9 Å². The van der Waals surface area contributed by atoms with E-state index in [1.807, 2.05) is 0 Å². The van der Waals surface area contributed by atoms with Crippen LogP contribution in [-0.4, -0.2) is 62.1 Å². The third kappa shape index (κ3) is 7.70. The van der Waals surface area contributed by atoms with Crippen LogP contribution >= 0.6 is 23.2 Å². The number of Topliss-reactive ketones (excluding diaryl/α,β-unsaturated/α-hetero) is 1. The number of nitrogens with zero attached hydrogens (tertiary/aromatic N) is 4. The van der Waals surface area contributed by atoms with E-state index in [1.165, 1.54) is 24.5 Å². The number of amides is 2. The minimum atomic E-state index is -4.99. The fourth-order valence-corrected chi connectivity index (χ4v) is 5.67. The molecule has 1 saturated carbocycles. The molecule has 9 nitrogen and oxygen atoms in total. The van der Waals surface area contributed by atoms with Gasteiger partial charge in [0.2, 0.25) is 5.91 Å². The molecule has 2 aromatic heterocycles. The summed E-state index contributed by atoms with van der Waals surface area (Å²) in [5.41, 5.74) is -1.84. The summed E-state index contributed by atoms with van der Waals surface area (Å²) in [6.07, 6.45) is -0.839. The number of ketones is 1. The van der Waals surface area contributed by atoms with Gasteiger partial charge in [0, 0.05) is 31.4 Å². The standard InChI is InChI=1S/C28H27Cl2F4N5O4/c29-21-12-35-13-22(30)24(21)23(41)15-38(14-16-1-5-18(31)6-2-16)27(43)20-11-37-39(25(20)28(32,33)34)19-7-3-17(4-8-19)26(42)36-9-10-40/h1-2,5-6,11-13,17,19,40H,3-4,7-10,14-15H2,(H,36,42)/t17-,19-. The van der Waals surface area contributed by atoms with Crippen molar-refractivity contribution in [2.75, 3.05) is 19.7 Å². The lowest BCUT2D eigenvalue weighted by molar-refractivity contribution is -0.146. The van der Waals surface area contributed by atoms with Gasteiger partial charge in [-0.05, 0) is 43.4 Å². The summed E-state index contributed by atoms with van der Waals surface area (Å²) in [6, 6.07) is 4.19. The lowest BCUT2D eigenvalue weighted by atomic mass is 9.85. The molecule has 1 aromatic carbocycles. The zero-order valence-corrected chi connectivity index (χ0v) is 24.1. The summed E-state index contributed by atoms with van der Waals surface area (Å²) in [4.78, 5) is 43.9. The Morgan fingerprint density at radius 1 is 1.02 bits per heavy atom. The maximum atomic E-state index is 14.5. The fourth-order valence-electron chi connectivity index (χ4n) is 5.09. The van der Waals surface area contributed by atoms with Gasteiger partial charge in [0.05, 0.1) is 46.6 Å². The molecule has 2 amide bonds. The number of pyridine rings is 1. The Kier molecular flexibility index (Phi) is 10.4. The highest BCUT2D eigenvalue weighted by atomic mass is 35.5. The second-order valence-electron chi connectivity index (χ2n) is 10.1. The van der Waals surface area contributed by atoms with Crippen molar-refractivity contribution in [2.24, 2.45) is 5.92 Å². The molecule has 0 bridgehead atoms. The zero-order chi connectivity index (χ0) is 31.3. The first kappa shape index (κ1) is 32.4. The van der Waals surface area contributed by atoms with Gasteiger partial charge < -0.3 is 15.3 Å². The van der Waals surface area contributed by atoms with Crippen molar-refractivity contribution in [3.05, 3.63) is 81.1 Å². The monoisotopic (exact) mass is 643 g/mol. The van der Waals surface area contributed by atoms with E-state index in [9.17, 15) is 31.9 Å². The Bertz CT molecular complexity index is 1450. The van der Waals surface area contributed by atoms with Crippen molar-refractivity contribution >= 4 is 40.8 Å². The third-order valence-electron chi connectivity index (χ3n) is 7.16. The molecule has 1 fully saturated rings. The van der Waals surface area contributed by atoms with Gasteiger partial charge in [-0.25, -0.2) is 4.39 Å². The van der Waals surface area contributed by atoms with Crippen LogP contribution in [-0.2, 0) is 17.5 Å². The van der Waals surface area contributed by atoms with Gasteiger partial charge in [-0.1, -0.05) is 35.3 Å². The van der Waals surface area contributed by atoms with Gasteiger partial charge in [0.15, 0.2) is 11.5 Å². The normalized spacial score (nSPS) is 17.0. The van der Waals surface area contributed by atoms with Crippen LogP contribution in [0, 0.1) is 11.7 Å². The summed E-state index contributed by atoms with van der Waals surface area (Å²) in [7, 11) is 0. The Balaban J connectivity index is 1.64. The number of carbonyl (C=O) groups excluding carboxylic acids is 3. The van der Waals surface area contributed by atoms with Gasteiger partial charge in [0.1, 0.15) is 5.82 Å². The van der Waals surface area contributed by atoms with Crippen LogP contribution < -0.4 is 5.32 Å². The summed E-state index contributed by atoms with van der Waals surface area (Å²) in [6.45, 7) is -1.18. The molecule has 4 rings (SSSR count). The lowest BCUT2D eigenvalue weighted by Gasteiger charge is -2.29. The average Bonchev–Trinajstić information content (AvgIpc) is 3.42. The Morgan fingerprint density at radius 2 is 1.65 bits per heavy atom. The molecule has 3 aromatic rings. The topological polar surface area (TPSA) is 117 Å². The second kappa shape index (κ2) is 13.8. The lowest BCUT2D eigenvalue weighted by Crippen LogP contribution is -2.37. The number of aliphatic hydroxyl groups is 1. The molecule has 0 spiro atoms. The molecule has 0 saturated heterocycles. The minimum Gasteiger partial charge on any atom is -0.395 e. The number of benzene rings is 1. The number of rotatable bonds is 10. The second-order valence-corrected chi connectivity index (χ2v) is 10.9. The van der Waals surface area contributed by atoms with E-state index >= 15 is 0 Å². The first-order chi connectivity index (χ1) is 20.4. The molecule has 0 aliphatic heterocycles. The molecule has 0 unspecified atom stereocenters. The number of hydrogen-bond acceptors (Lipinski definition) is 6.